The van der Waals surface area contributed by atoms with Gasteiger partial charge < -0.3 is 5.11 Å². The van der Waals surface area contributed by atoms with Crippen LogP contribution < -0.4 is 5.43 Å². The van der Waals surface area contributed by atoms with Crippen molar-refractivity contribution in [3.8, 4) is 0 Å². The average Bonchev–Trinajstić information content (AvgIpc) is 2.16. The molecule has 2 N–H and O–H groups in total. The number of aliphatic carboxylic acids is 1. The molecule has 1 unspecified atom stereocenters. The van der Waals surface area contributed by atoms with Gasteiger partial charge in [-0.3, -0.25) is 10.2 Å². The molecule has 1 aliphatic rings. The zero-order chi connectivity index (χ0) is 10.4. The Hall–Kier alpha value is -0.610. The van der Waals surface area contributed by atoms with Crippen LogP contribution in [0.5, 0.6) is 0 Å². The molecule has 1 heterocycles. The molecular weight excluding hydrogens is 180 g/mol. The molecule has 82 valence electrons. The molecule has 1 fully saturated rings. The molecule has 4 heteroatoms. The van der Waals surface area contributed by atoms with Crippen molar-refractivity contribution in [2.45, 2.75) is 45.1 Å². The summed E-state index contributed by atoms with van der Waals surface area (Å²) in [5.74, 6) is -0.711. The van der Waals surface area contributed by atoms with Crippen LogP contribution in [0.25, 0.3) is 0 Å². The third-order valence-electron chi connectivity index (χ3n) is 2.55. The number of hydrazine groups is 1. The Bertz CT molecular complexity index is 179. The van der Waals surface area contributed by atoms with E-state index in [1.165, 1.54) is 19.3 Å². The Morgan fingerprint density at radius 2 is 2.07 bits per heavy atom. The highest BCUT2D eigenvalue weighted by molar-refractivity contribution is 5.66. The van der Waals surface area contributed by atoms with Crippen molar-refractivity contribution >= 4 is 5.97 Å². The fourth-order valence-corrected chi connectivity index (χ4v) is 1.74. The lowest BCUT2D eigenvalue weighted by atomic mass is 10.1. The van der Waals surface area contributed by atoms with E-state index >= 15 is 0 Å². The third kappa shape index (κ3) is 4.58. The van der Waals surface area contributed by atoms with E-state index in [-0.39, 0.29) is 12.5 Å². The number of nitrogens with one attached hydrogen (secondary N) is 1. The van der Waals surface area contributed by atoms with Crippen molar-refractivity contribution in [2.24, 2.45) is 0 Å². The highest BCUT2D eigenvalue weighted by Crippen LogP contribution is 2.07. The Kier molecular flexibility index (Phi) is 4.90. The average molecular weight is 200 g/mol. The van der Waals surface area contributed by atoms with Crippen molar-refractivity contribution < 1.29 is 9.90 Å². The van der Waals surface area contributed by atoms with Gasteiger partial charge in [0.1, 0.15) is 0 Å². The van der Waals surface area contributed by atoms with Crippen LogP contribution in [0.2, 0.25) is 0 Å². The molecule has 1 atom stereocenters. The minimum atomic E-state index is -0.711. The summed E-state index contributed by atoms with van der Waals surface area (Å²) in [6.07, 6.45) is 4.77. The van der Waals surface area contributed by atoms with Gasteiger partial charge in [0.05, 0.1) is 0 Å². The van der Waals surface area contributed by atoms with Gasteiger partial charge in [-0.15, -0.1) is 0 Å². The Morgan fingerprint density at radius 3 is 2.64 bits per heavy atom. The van der Waals surface area contributed by atoms with Crippen molar-refractivity contribution in [3.05, 3.63) is 0 Å². The lowest BCUT2D eigenvalue weighted by molar-refractivity contribution is -0.137. The van der Waals surface area contributed by atoms with Gasteiger partial charge in [-0.1, -0.05) is 6.42 Å². The fourth-order valence-electron chi connectivity index (χ4n) is 1.74. The predicted octanol–water partition coefficient (Wildman–Crippen LogP) is 1.23. The number of carboxylic acids is 1. The monoisotopic (exact) mass is 200 g/mol. The number of nitrogens with zero attached hydrogens (tertiary/aromatic N) is 1. The predicted molar refractivity (Wildman–Crippen MR) is 54.9 cm³/mol. The van der Waals surface area contributed by atoms with Gasteiger partial charge in [0.2, 0.25) is 0 Å². The largest absolute Gasteiger partial charge is 0.481 e. The third-order valence-corrected chi connectivity index (χ3v) is 2.55. The minimum absolute atomic E-state index is 0.252. The summed E-state index contributed by atoms with van der Waals surface area (Å²) in [4.78, 5) is 10.4. The van der Waals surface area contributed by atoms with E-state index in [0.29, 0.717) is 6.42 Å². The van der Waals surface area contributed by atoms with Crippen LogP contribution in [0.3, 0.4) is 0 Å². The maximum Gasteiger partial charge on any atom is 0.303 e. The summed E-state index contributed by atoms with van der Waals surface area (Å²) in [5.41, 5.74) is 3.34. The quantitative estimate of drug-likeness (QED) is 0.701. The van der Waals surface area contributed by atoms with Crippen LogP contribution in [-0.4, -0.2) is 35.2 Å². The first-order chi connectivity index (χ1) is 6.68. The highest BCUT2D eigenvalue weighted by atomic mass is 16.4. The van der Waals surface area contributed by atoms with E-state index in [2.05, 4.69) is 10.4 Å². The molecule has 0 spiro atoms. The van der Waals surface area contributed by atoms with Crippen molar-refractivity contribution in [2.75, 3.05) is 13.1 Å². The number of piperidine rings is 1. The van der Waals surface area contributed by atoms with Crippen molar-refractivity contribution in [3.63, 3.8) is 0 Å². The fraction of sp³-hybridized carbons (Fsp3) is 0.900. The highest BCUT2D eigenvalue weighted by Gasteiger charge is 2.12. The van der Waals surface area contributed by atoms with Crippen LogP contribution in [0.1, 0.15) is 39.0 Å². The molecule has 0 aromatic carbocycles. The summed E-state index contributed by atoms with van der Waals surface area (Å²) in [6, 6.07) is 0.268. The van der Waals surface area contributed by atoms with E-state index in [9.17, 15) is 4.79 Å². The molecule has 0 aromatic rings. The second-order valence-electron chi connectivity index (χ2n) is 4.01. The molecule has 0 amide bonds. The maximum absolute atomic E-state index is 10.4. The molecule has 4 nitrogen and oxygen atoms in total. The first kappa shape index (κ1) is 11.5. The Labute approximate surface area is 85.3 Å². The zero-order valence-corrected chi connectivity index (χ0v) is 8.83. The Morgan fingerprint density at radius 1 is 1.43 bits per heavy atom. The molecule has 0 saturated carbocycles. The molecule has 0 aliphatic carbocycles. The lowest BCUT2D eigenvalue weighted by Gasteiger charge is -2.30. The molecule has 1 aliphatic heterocycles. The van der Waals surface area contributed by atoms with Gasteiger partial charge in [0, 0.05) is 25.6 Å². The van der Waals surface area contributed by atoms with Gasteiger partial charge in [0.25, 0.3) is 0 Å². The summed E-state index contributed by atoms with van der Waals surface area (Å²) in [6.45, 7) is 4.23. The number of rotatable bonds is 5. The second kappa shape index (κ2) is 5.98. The van der Waals surface area contributed by atoms with E-state index < -0.39 is 5.97 Å². The normalized spacial score (nSPS) is 20.6. The molecule has 14 heavy (non-hydrogen) atoms. The van der Waals surface area contributed by atoms with Gasteiger partial charge >= 0.3 is 5.97 Å². The van der Waals surface area contributed by atoms with Crippen molar-refractivity contribution in [1.29, 1.82) is 0 Å². The number of carbonyl (C=O) groups is 1. The maximum atomic E-state index is 10.4. The molecule has 0 aromatic heterocycles. The number of hydrogen-bond acceptors (Lipinski definition) is 3. The van der Waals surface area contributed by atoms with Gasteiger partial charge in [-0.05, 0) is 26.2 Å². The van der Waals surface area contributed by atoms with E-state index in [1.807, 2.05) is 6.92 Å². The van der Waals surface area contributed by atoms with Gasteiger partial charge in [-0.25, -0.2) is 5.01 Å². The smallest absolute Gasteiger partial charge is 0.303 e. The van der Waals surface area contributed by atoms with Crippen LogP contribution in [0.4, 0.5) is 0 Å². The SMILES string of the molecule is CC(CCC(=O)O)NN1CCCCC1. The standard InChI is InChI=1S/C10H20N2O2/c1-9(5-6-10(13)14)11-12-7-3-2-4-8-12/h9,11H,2-8H2,1H3,(H,13,14). The first-order valence-corrected chi connectivity index (χ1v) is 5.41. The molecule has 1 saturated heterocycles. The lowest BCUT2D eigenvalue weighted by Crippen LogP contribution is -2.46. The molecule has 0 radical (unpaired) electrons. The van der Waals surface area contributed by atoms with Crippen LogP contribution in [0, 0.1) is 0 Å². The summed E-state index contributed by atoms with van der Waals surface area (Å²) in [7, 11) is 0. The van der Waals surface area contributed by atoms with E-state index in [1.54, 1.807) is 0 Å². The van der Waals surface area contributed by atoms with E-state index in [0.717, 1.165) is 13.1 Å². The second-order valence-corrected chi connectivity index (χ2v) is 4.01. The zero-order valence-electron chi connectivity index (χ0n) is 8.83. The Balaban J connectivity index is 2.11. The molecule has 0 bridgehead atoms. The van der Waals surface area contributed by atoms with Crippen LogP contribution in [-0.2, 0) is 4.79 Å². The number of hydrogen-bond donors (Lipinski definition) is 2. The molecular formula is C10H20N2O2. The van der Waals surface area contributed by atoms with Gasteiger partial charge in [0.15, 0.2) is 0 Å². The van der Waals surface area contributed by atoms with Gasteiger partial charge in [-0.2, -0.15) is 0 Å². The summed E-state index contributed by atoms with van der Waals surface area (Å²) in [5, 5.41) is 10.7. The van der Waals surface area contributed by atoms with E-state index in [4.69, 9.17) is 5.11 Å². The summed E-state index contributed by atoms with van der Waals surface area (Å²) >= 11 is 0. The summed E-state index contributed by atoms with van der Waals surface area (Å²) < 4.78 is 0. The van der Waals surface area contributed by atoms with Crippen LogP contribution in [0.15, 0.2) is 0 Å². The van der Waals surface area contributed by atoms with Crippen molar-refractivity contribution in [1.82, 2.24) is 10.4 Å². The number of carboxylic acid groups (broad SMARTS) is 1. The topological polar surface area (TPSA) is 52.6 Å². The first-order valence-electron chi connectivity index (χ1n) is 5.41. The minimum Gasteiger partial charge on any atom is -0.481 e. The van der Waals surface area contributed by atoms with Crippen LogP contribution >= 0.6 is 0 Å². The molecule has 1 rings (SSSR count).